The fourth-order valence-electron chi connectivity index (χ4n) is 8.29. The minimum absolute atomic E-state index is 0.849. The molecule has 258 valence electrons. The minimum Gasteiger partial charge on any atom is -0.456 e. The van der Waals surface area contributed by atoms with Gasteiger partial charge in [0.2, 0.25) is 0 Å². The SMILES string of the molecule is c1ccc(-c2cccc(N(c3ccc(-c4cccc5oc6ccccc6c45)cc3)c3ccc4c(c3)oc3c5ccccc5c(-c5ccccc5)cc43)c2)cc1. The molecule has 3 nitrogen and oxygen atoms in total. The molecule has 9 aromatic carbocycles. The fourth-order valence-corrected chi connectivity index (χ4v) is 8.29. The van der Waals surface area contributed by atoms with Crippen molar-refractivity contribution in [2.75, 3.05) is 4.90 Å². The van der Waals surface area contributed by atoms with Gasteiger partial charge in [-0.1, -0.05) is 140 Å². The number of benzene rings is 9. The van der Waals surface area contributed by atoms with Crippen molar-refractivity contribution in [2.45, 2.75) is 0 Å². The van der Waals surface area contributed by atoms with Crippen LogP contribution >= 0.6 is 0 Å². The summed E-state index contributed by atoms with van der Waals surface area (Å²) >= 11 is 0. The summed E-state index contributed by atoms with van der Waals surface area (Å²) in [5, 5.41) is 6.76. The zero-order valence-corrected chi connectivity index (χ0v) is 29.8. The van der Waals surface area contributed by atoms with E-state index in [1.54, 1.807) is 0 Å². The number of fused-ring (bicyclic) bond motifs is 8. The molecule has 2 aromatic heterocycles. The van der Waals surface area contributed by atoms with Crippen molar-refractivity contribution >= 4 is 71.7 Å². The van der Waals surface area contributed by atoms with Crippen LogP contribution in [-0.4, -0.2) is 0 Å². The van der Waals surface area contributed by atoms with Crippen molar-refractivity contribution in [3.63, 3.8) is 0 Å². The molecule has 0 atom stereocenters. The van der Waals surface area contributed by atoms with E-state index in [2.05, 4.69) is 187 Å². The maximum Gasteiger partial charge on any atom is 0.143 e. The molecule has 0 aliphatic carbocycles. The van der Waals surface area contributed by atoms with Crippen molar-refractivity contribution in [1.82, 2.24) is 0 Å². The largest absolute Gasteiger partial charge is 0.456 e. The number of para-hydroxylation sites is 1. The Kier molecular flexibility index (Phi) is 7.17. The molecule has 0 saturated heterocycles. The Labute approximate surface area is 317 Å². The van der Waals surface area contributed by atoms with E-state index in [1.807, 2.05) is 18.2 Å². The van der Waals surface area contributed by atoms with Gasteiger partial charge < -0.3 is 13.7 Å². The molecule has 2 heterocycles. The van der Waals surface area contributed by atoms with E-state index in [9.17, 15) is 0 Å². The molecule has 0 aliphatic rings. The van der Waals surface area contributed by atoms with E-state index in [-0.39, 0.29) is 0 Å². The van der Waals surface area contributed by atoms with Gasteiger partial charge in [-0.05, 0) is 93.4 Å². The van der Waals surface area contributed by atoms with E-state index < -0.39 is 0 Å². The molecule has 55 heavy (non-hydrogen) atoms. The molecule has 0 spiro atoms. The van der Waals surface area contributed by atoms with Crippen molar-refractivity contribution in [3.8, 4) is 33.4 Å². The van der Waals surface area contributed by atoms with Crippen molar-refractivity contribution in [2.24, 2.45) is 0 Å². The summed E-state index contributed by atoms with van der Waals surface area (Å²) in [6, 6.07) is 70.9. The molecule has 0 aliphatic heterocycles. The quantitative estimate of drug-likeness (QED) is 0.173. The number of hydrogen-bond acceptors (Lipinski definition) is 3. The molecule has 0 saturated carbocycles. The molecule has 11 rings (SSSR count). The third-order valence-corrected chi connectivity index (χ3v) is 10.9. The average Bonchev–Trinajstić information content (AvgIpc) is 3.83. The average molecular weight is 704 g/mol. The van der Waals surface area contributed by atoms with Crippen LogP contribution in [0.1, 0.15) is 0 Å². The van der Waals surface area contributed by atoms with Gasteiger partial charge in [0.15, 0.2) is 0 Å². The summed E-state index contributed by atoms with van der Waals surface area (Å²) < 4.78 is 13.1. The van der Waals surface area contributed by atoms with E-state index in [0.29, 0.717) is 0 Å². The normalized spacial score (nSPS) is 11.6. The van der Waals surface area contributed by atoms with Crippen LogP contribution in [0.5, 0.6) is 0 Å². The van der Waals surface area contributed by atoms with Crippen LogP contribution in [-0.2, 0) is 0 Å². The van der Waals surface area contributed by atoms with Gasteiger partial charge in [0, 0.05) is 50.1 Å². The topological polar surface area (TPSA) is 29.5 Å². The standard InChI is InChI=1S/C52H33NO2/c1-3-13-34(14-4-1)37-17-11-18-39(31-37)53(38-27-25-36(26-28-38)41-22-12-24-49-51(41)45-21-9-10-23-48(45)54-49)40-29-30-43-47-33-46(35-15-5-2-6-16-35)42-19-7-8-20-44(42)52(47)55-50(43)32-40/h1-33H. The summed E-state index contributed by atoms with van der Waals surface area (Å²) in [5.74, 6) is 0. The molecule has 0 bridgehead atoms. The van der Waals surface area contributed by atoms with Gasteiger partial charge in [-0.3, -0.25) is 0 Å². The molecular weight excluding hydrogens is 671 g/mol. The first-order valence-electron chi connectivity index (χ1n) is 18.7. The van der Waals surface area contributed by atoms with Crippen LogP contribution in [0, 0.1) is 0 Å². The second kappa shape index (κ2) is 12.6. The first-order valence-corrected chi connectivity index (χ1v) is 18.7. The predicted molar refractivity (Wildman–Crippen MR) is 229 cm³/mol. The Balaban J connectivity index is 1.08. The highest BCUT2D eigenvalue weighted by atomic mass is 16.3. The third kappa shape index (κ3) is 5.20. The van der Waals surface area contributed by atoms with Crippen molar-refractivity contribution in [1.29, 1.82) is 0 Å². The maximum atomic E-state index is 6.82. The number of anilines is 3. The Bertz CT molecular complexity index is 3190. The van der Waals surface area contributed by atoms with E-state index >= 15 is 0 Å². The zero-order valence-electron chi connectivity index (χ0n) is 29.8. The lowest BCUT2D eigenvalue weighted by atomic mass is 9.95. The summed E-state index contributed by atoms with van der Waals surface area (Å²) in [5.41, 5.74) is 13.7. The lowest BCUT2D eigenvalue weighted by Crippen LogP contribution is -2.10. The number of rotatable bonds is 6. The Morgan fingerprint density at radius 1 is 0.291 bits per heavy atom. The van der Waals surface area contributed by atoms with Crippen molar-refractivity contribution < 1.29 is 8.83 Å². The molecule has 3 heteroatoms. The molecular formula is C52H33NO2. The van der Waals surface area contributed by atoms with Crippen LogP contribution in [0.4, 0.5) is 17.1 Å². The van der Waals surface area contributed by atoms with Gasteiger partial charge in [-0.2, -0.15) is 0 Å². The molecule has 0 radical (unpaired) electrons. The zero-order chi connectivity index (χ0) is 36.3. The fraction of sp³-hybridized carbons (Fsp3) is 0. The highest BCUT2D eigenvalue weighted by Crippen LogP contribution is 2.44. The summed E-state index contributed by atoms with van der Waals surface area (Å²) in [7, 11) is 0. The molecule has 0 amide bonds. The highest BCUT2D eigenvalue weighted by molar-refractivity contribution is 6.19. The van der Waals surface area contributed by atoms with Crippen LogP contribution < -0.4 is 4.90 Å². The second-order valence-electron chi connectivity index (χ2n) is 14.1. The third-order valence-electron chi connectivity index (χ3n) is 10.9. The summed E-state index contributed by atoms with van der Waals surface area (Å²) in [6.45, 7) is 0. The van der Waals surface area contributed by atoms with Crippen LogP contribution in [0.2, 0.25) is 0 Å². The summed E-state index contributed by atoms with van der Waals surface area (Å²) in [4.78, 5) is 2.32. The van der Waals surface area contributed by atoms with Gasteiger partial charge in [-0.25, -0.2) is 0 Å². The monoisotopic (exact) mass is 703 g/mol. The number of furan rings is 2. The lowest BCUT2D eigenvalue weighted by Gasteiger charge is -2.26. The highest BCUT2D eigenvalue weighted by Gasteiger charge is 2.19. The molecule has 0 fully saturated rings. The maximum absolute atomic E-state index is 6.82. The van der Waals surface area contributed by atoms with Crippen molar-refractivity contribution in [3.05, 3.63) is 200 Å². The minimum atomic E-state index is 0.849. The van der Waals surface area contributed by atoms with Gasteiger partial charge in [0.25, 0.3) is 0 Å². The Hall–Kier alpha value is -7.36. The molecule has 11 aromatic rings. The van der Waals surface area contributed by atoms with E-state index in [1.165, 1.54) is 22.1 Å². The first-order chi connectivity index (χ1) is 27.3. The van der Waals surface area contributed by atoms with E-state index in [4.69, 9.17) is 8.83 Å². The number of hydrogen-bond donors (Lipinski definition) is 0. The van der Waals surface area contributed by atoms with Gasteiger partial charge in [0.05, 0.1) is 0 Å². The Morgan fingerprint density at radius 2 is 0.909 bits per heavy atom. The van der Waals surface area contributed by atoms with Gasteiger partial charge in [0.1, 0.15) is 22.3 Å². The first kappa shape index (κ1) is 31.2. The van der Waals surface area contributed by atoms with Crippen LogP contribution in [0.15, 0.2) is 209 Å². The van der Waals surface area contributed by atoms with E-state index in [0.717, 1.165) is 83.0 Å². The Morgan fingerprint density at radius 3 is 1.73 bits per heavy atom. The summed E-state index contributed by atoms with van der Waals surface area (Å²) in [6.07, 6.45) is 0. The predicted octanol–water partition coefficient (Wildman–Crippen LogP) is 15.1. The smallest absolute Gasteiger partial charge is 0.143 e. The number of nitrogens with zero attached hydrogens (tertiary/aromatic N) is 1. The second-order valence-corrected chi connectivity index (χ2v) is 14.1. The van der Waals surface area contributed by atoms with Crippen LogP contribution in [0.25, 0.3) is 88.0 Å². The molecule has 0 N–H and O–H groups in total. The van der Waals surface area contributed by atoms with Gasteiger partial charge >= 0.3 is 0 Å². The lowest BCUT2D eigenvalue weighted by molar-refractivity contribution is 0.669. The van der Waals surface area contributed by atoms with Gasteiger partial charge in [-0.15, -0.1) is 0 Å². The molecule has 0 unspecified atom stereocenters. The van der Waals surface area contributed by atoms with Crippen LogP contribution in [0.3, 0.4) is 0 Å².